The minimum Gasteiger partial charge on any atom is -0.348 e. The van der Waals surface area contributed by atoms with Gasteiger partial charge in [-0.05, 0) is 40.5 Å². The highest BCUT2D eigenvalue weighted by Gasteiger charge is 2.25. The fraction of sp³-hybridized carbons (Fsp3) is 0.417. The summed E-state index contributed by atoms with van der Waals surface area (Å²) >= 11 is 3.25. The Bertz CT molecular complexity index is 585. The van der Waals surface area contributed by atoms with Gasteiger partial charge in [0.25, 0.3) is 0 Å². The number of nitrogens with zero attached hydrogens (tertiary/aromatic N) is 2. The molecule has 0 bridgehead atoms. The summed E-state index contributed by atoms with van der Waals surface area (Å²) in [5.74, 6) is -0.269. The Morgan fingerprint density at radius 3 is 2.32 bits per heavy atom. The fourth-order valence-corrected chi connectivity index (χ4v) is 3.67. The Hall–Kier alpha value is -0.920. The zero-order valence-corrected chi connectivity index (χ0v) is 13.7. The van der Waals surface area contributed by atoms with Crippen LogP contribution in [-0.2, 0) is 14.8 Å². The number of hydrogen-bond donors (Lipinski definition) is 0. The van der Waals surface area contributed by atoms with Crippen molar-refractivity contribution in [3.8, 4) is 0 Å². The normalized spacial score (nSPS) is 11.7. The first-order valence-corrected chi connectivity index (χ1v) is 7.82. The second-order valence-electron chi connectivity index (χ2n) is 4.48. The molecule has 1 aromatic rings. The number of carbonyl (C=O) groups is 1. The van der Waals surface area contributed by atoms with Crippen LogP contribution in [0.2, 0.25) is 0 Å². The molecule has 0 N–H and O–H groups in total. The molecule has 0 heterocycles. The predicted molar refractivity (Wildman–Crippen MR) is 77.4 cm³/mol. The standard InChI is InChI=1S/C12H17BrN2O3S/c1-9-5-6-11(10(13)7-9)19(17,18)15(4)8-12(16)14(2)3/h5-7H,8H2,1-4H3. The van der Waals surface area contributed by atoms with Crippen molar-refractivity contribution in [1.82, 2.24) is 9.21 Å². The number of amides is 1. The highest BCUT2D eigenvalue weighted by Crippen LogP contribution is 2.25. The van der Waals surface area contributed by atoms with Gasteiger partial charge in [0.05, 0.1) is 11.4 Å². The Balaban J connectivity index is 3.07. The summed E-state index contributed by atoms with van der Waals surface area (Å²) in [5, 5.41) is 0. The smallest absolute Gasteiger partial charge is 0.244 e. The summed E-state index contributed by atoms with van der Waals surface area (Å²) in [5.41, 5.74) is 0.956. The molecule has 1 amide bonds. The number of halogens is 1. The molecule has 7 heteroatoms. The van der Waals surface area contributed by atoms with Crippen molar-refractivity contribution in [2.24, 2.45) is 0 Å². The van der Waals surface area contributed by atoms with Crippen molar-refractivity contribution in [2.45, 2.75) is 11.8 Å². The van der Waals surface area contributed by atoms with E-state index >= 15 is 0 Å². The van der Waals surface area contributed by atoms with Crippen LogP contribution in [0.25, 0.3) is 0 Å². The summed E-state index contributed by atoms with van der Waals surface area (Å²) in [7, 11) is 0.892. The van der Waals surface area contributed by atoms with Crippen molar-refractivity contribution in [3.05, 3.63) is 28.2 Å². The van der Waals surface area contributed by atoms with Crippen LogP contribution in [0.15, 0.2) is 27.6 Å². The zero-order valence-electron chi connectivity index (χ0n) is 11.3. The molecule has 0 unspecified atom stereocenters. The molecule has 0 atom stereocenters. The molecule has 0 aromatic heterocycles. The molecule has 1 aromatic carbocycles. The van der Waals surface area contributed by atoms with Gasteiger partial charge in [-0.3, -0.25) is 4.79 Å². The first-order valence-electron chi connectivity index (χ1n) is 5.59. The summed E-state index contributed by atoms with van der Waals surface area (Å²) in [6, 6.07) is 4.99. The third-order valence-electron chi connectivity index (χ3n) is 2.63. The summed E-state index contributed by atoms with van der Waals surface area (Å²) in [6.07, 6.45) is 0. The molecular weight excluding hydrogens is 332 g/mol. The average Bonchev–Trinajstić information content (AvgIpc) is 2.27. The Morgan fingerprint density at radius 2 is 1.84 bits per heavy atom. The van der Waals surface area contributed by atoms with Crippen molar-refractivity contribution in [3.63, 3.8) is 0 Å². The van der Waals surface area contributed by atoms with E-state index in [1.54, 1.807) is 26.2 Å². The largest absolute Gasteiger partial charge is 0.348 e. The monoisotopic (exact) mass is 348 g/mol. The number of hydrogen-bond acceptors (Lipinski definition) is 3. The fourth-order valence-electron chi connectivity index (χ4n) is 1.40. The van der Waals surface area contributed by atoms with Crippen LogP contribution in [-0.4, -0.2) is 51.2 Å². The van der Waals surface area contributed by atoms with E-state index in [4.69, 9.17) is 0 Å². The molecule has 0 aliphatic rings. The minimum absolute atomic E-state index is 0.159. The number of carbonyl (C=O) groups excluding carboxylic acids is 1. The van der Waals surface area contributed by atoms with E-state index in [0.29, 0.717) is 4.47 Å². The Morgan fingerprint density at radius 1 is 1.26 bits per heavy atom. The molecule has 0 radical (unpaired) electrons. The maximum absolute atomic E-state index is 12.3. The first kappa shape index (κ1) is 16.1. The predicted octanol–water partition coefficient (Wildman–Crippen LogP) is 1.47. The number of likely N-dealkylation sites (N-methyl/N-ethyl adjacent to an activating group) is 2. The number of benzene rings is 1. The molecule has 0 saturated carbocycles. The molecule has 0 spiro atoms. The van der Waals surface area contributed by atoms with Crippen LogP contribution in [0.5, 0.6) is 0 Å². The van der Waals surface area contributed by atoms with Gasteiger partial charge >= 0.3 is 0 Å². The third-order valence-corrected chi connectivity index (χ3v) is 5.41. The van der Waals surface area contributed by atoms with Gasteiger partial charge < -0.3 is 4.90 Å². The maximum atomic E-state index is 12.3. The van der Waals surface area contributed by atoms with Crippen LogP contribution in [0.4, 0.5) is 0 Å². The summed E-state index contributed by atoms with van der Waals surface area (Å²) in [6.45, 7) is 1.69. The lowest BCUT2D eigenvalue weighted by atomic mass is 10.2. The van der Waals surface area contributed by atoms with Gasteiger partial charge in [-0.15, -0.1) is 0 Å². The van der Waals surface area contributed by atoms with Crippen molar-refractivity contribution in [2.75, 3.05) is 27.7 Å². The molecule has 1 rings (SSSR count). The second-order valence-corrected chi connectivity index (χ2v) is 7.35. The van der Waals surface area contributed by atoms with Crippen molar-refractivity contribution in [1.29, 1.82) is 0 Å². The summed E-state index contributed by atoms with van der Waals surface area (Å²) < 4.78 is 26.2. The maximum Gasteiger partial charge on any atom is 0.244 e. The molecule has 0 fully saturated rings. The van der Waals surface area contributed by atoms with Crippen LogP contribution in [0.3, 0.4) is 0 Å². The van der Waals surface area contributed by atoms with Crippen LogP contribution in [0.1, 0.15) is 5.56 Å². The topological polar surface area (TPSA) is 57.7 Å². The van der Waals surface area contributed by atoms with Gasteiger partial charge in [0, 0.05) is 25.6 Å². The molecule has 5 nitrogen and oxygen atoms in total. The average molecular weight is 349 g/mol. The Kier molecular flexibility index (Phi) is 5.11. The van der Waals surface area contributed by atoms with Crippen LogP contribution in [0, 0.1) is 6.92 Å². The third kappa shape index (κ3) is 3.77. The van der Waals surface area contributed by atoms with Gasteiger partial charge in [-0.1, -0.05) is 6.07 Å². The molecule has 0 aliphatic heterocycles. The van der Waals surface area contributed by atoms with E-state index in [-0.39, 0.29) is 17.3 Å². The number of rotatable bonds is 4. The van der Waals surface area contributed by atoms with E-state index in [1.165, 1.54) is 18.0 Å². The van der Waals surface area contributed by atoms with Gasteiger partial charge in [-0.25, -0.2) is 8.42 Å². The first-order chi connectivity index (χ1) is 8.66. The van der Waals surface area contributed by atoms with Gasteiger partial charge in [0.1, 0.15) is 0 Å². The lowest BCUT2D eigenvalue weighted by Gasteiger charge is -2.19. The van der Waals surface area contributed by atoms with Gasteiger partial charge in [0.2, 0.25) is 15.9 Å². The van der Waals surface area contributed by atoms with Crippen LogP contribution >= 0.6 is 15.9 Å². The molecule has 0 aliphatic carbocycles. The van der Waals surface area contributed by atoms with Gasteiger partial charge in [0.15, 0.2) is 0 Å². The number of aryl methyl sites for hydroxylation is 1. The molecule has 106 valence electrons. The zero-order chi connectivity index (χ0) is 14.8. The Labute approximate surface area is 122 Å². The van der Waals surface area contributed by atoms with Crippen LogP contribution < -0.4 is 0 Å². The lowest BCUT2D eigenvalue weighted by Crippen LogP contribution is -2.37. The van der Waals surface area contributed by atoms with Crippen molar-refractivity contribution >= 4 is 31.9 Å². The SMILES string of the molecule is Cc1ccc(S(=O)(=O)N(C)CC(=O)N(C)C)c(Br)c1. The molecule has 0 saturated heterocycles. The van der Waals surface area contributed by atoms with E-state index in [2.05, 4.69) is 15.9 Å². The quantitative estimate of drug-likeness (QED) is 0.827. The minimum atomic E-state index is -3.68. The van der Waals surface area contributed by atoms with E-state index in [0.717, 1.165) is 9.87 Å². The van der Waals surface area contributed by atoms with E-state index in [1.807, 2.05) is 6.92 Å². The summed E-state index contributed by atoms with van der Waals surface area (Å²) in [4.78, 5) is 13.1. The highest BCUT2D eigenvalue weighted by molar-refractivity contribution is 9.10. The molecule has 19 heavy (non-hydrogen) atoms. The number of sulfonamides is 1. The van der Waals surface area contributed by atoms with Crippen molar-refractivity contribution < 1.29 is 13.2 Å². The highest BCUT2D eigenvalue weighted by atomic mass is 79.9. The van der Waals surface area contributed by atoms with E-state index < -0.39 is 10.0 Å². The van der Waals surface area contributed by atoms with E-state index in [9.17, 15) is 13.2 Å². The van der Waals surface area contributed by atoms with Gasteiger partial charge in [-0.2, -0.15) is 4.31 Å². The lowest BCUT2D eigenvalue weighted by molar-refractivity contribution is -0.128. The second kappa shape index (κ2) is 6.02. The molecular formula is C12H17BrN2O3S.